The average molecular weight is 346 g/mol. The van der Waals surface area contributed by atoms with Crippen LogP contribution in [0.2, 0.25) is 0 Å². The van der Waals surface area contributed by atoms with E-state index in [4.69, 9.17) is 5.73 Å². The summed E-state index contributed by atoms with van der Waals surface area (Å²) in [6.45, 7) is 6.78. The Labute approximate surface area is 157 Å². The molecule has 1 aromatic rings. The molecule has 0 saturated carbocycles. The van der Waals surface area contributed by atoms with Gasteiger partial charge in [0.05, 0.1) is 0 Å². The molecule has 1 rings (SSSR count). The van der Waals surface area contributed by atoms with Crippen LogP contribution in [0, 0.1) is 6.92 Å². The van der Waals surface area contributed by atoms with Gasteiger partial charge in [-0.1, -0.05) is 115 Å². The van der Waals surface area contributed by atoms with Gasteiger partial charge >= 0.3 is 0 Å². The minimum Gasteiger partial charge on any atom is -0.321 e. The van der Waals surface area contributed by atoms with Crippen molar-refractivity contribution in [2.45, 2.75) is 116 Å². The Hall–Kier alpha value is -0.820. The molecule has 0 spiro atoms. The topological polar surface area (TPSA) is 26.0 Å². The van der Waals surface area contributed by atoms with Crippen molar-refractivity contribution >= 4 is 0 Å². The summed E-state index contributed by atoms with van der Waals surface area (Å²) in [5.41, 5.74) is 9.63. The lowest BCUT2D eigenvalue weighted by atomic mass is 9.79. The average Bonchev–Trinajstić information content (AvgIpc) is 2.61. The zero-order valence-electron chi connectivity index (χ0n) is 17.3. The van der Waals surface area contributed by atoms with E-state index in [-0.39, 0.29) is 5.54 Å². The number of rotatable bonds is 15. The van der Waals surface area contributed by atoms with E-state index in [1.54, 1.807) is 0 Å². The number of hydrogen-bond acceptors (Lipinski definition) is 1. The first-order valence-electron chi connectivity index (χ1n) is 11.0. The van der Waals surface area contributed by atoms with Crippen LogP contribution in [0.5, 0.6) is 0 Å². The molecular weight excluding hydrogens is 302 g/mol. The highest BCUT2D eigenvalue weighted by molar-refractivity contribution is 5.32. The second kappa shape index (κ2) is 13.4. The number of nitrogens with two attached hydrogens (primary N) is 1. The number of hydrogen-bond donors (Lipinski definition) is 1. The maximum Gasteiger partial charge on any atom is 0.0412 e. The van der Waals surface area contributed by atoms with Gasteiger partial charge in [-0.25, -0.2) is 0 Å². The van der Waals surface area contributed by atoms with Crippen LogP contribution in [-0.2, 0) is 5.54 Å². The Balaban J connectivity index is 2.53. The second-order valence-electron chi connectivity index (χ2n) is 8.01. The molecule has 0 saturated heterocycles. The van der Waals surface area contributed by atoms with Crippen LogP contribution in [0.15, 0.2) is 24.3 Å². The predicted molar refractivity (Wildman–Crippen MR) is 113 cm³/mol. The van der Waals surface area contributed by atoms with Crippen molar-refractivity contribution in [3.05, 3.63) is 35.4 Å². The van der Waals surface area contributed by atoms with Gasteiger partial charge in [0, 0.05) is 5.54 Å². The minimum atomic E-state index is -0.124. The monoisotopic (exact) mass is 345 g/mol. The van der Waals surface area contributed by atoms with Crippen molar-refractivity contribution < 1.29 is 0 Å². The molecule has 2 N–H and O–H groups in total. The van der Waals surface area contributed by atoms with Crippen molar-refractivity contribution in [1.82, 2.24) is 0 Å². The van der Waals surface area contributed by atoms with E-state index in [0.717, 1.165) is 12.8 Å². The summed E-state index contributed by atoms with van der Waals surface area (Å²) in [7, 11) is 0. The Kier molecular flexibility index (Phi) is 11.9. The van der Waals surface area contributed by atoms with Gasteiger partial charge in [0.15, 0.2) is 0 Å². The molecule has 0 fully saturated rings. The van der Waals surface area contributed by atoms with Gasteiger partial charge < -0.3 is 5.73 Å². The smallest absolute Gasteiger partial charge is 0.0412 e. The molecule has 0 aliphatic carbocycles. The molecule has 25 heavy (non-hydrogen) atoms. The molecule has 1 aromatic carbocycles. The fourth-order valence-electron chi connectivity index (χ4n) is 3.97. The molecule has 1 nitrogen and oxygen atoms in total. The lowest BCUT2D eigenvalue weighted by molar-refractivity contribution is 0.342. The summed E-state index contributed by atoms with van der Waals surface area (Å²) < 4.78 is 0. The summed E-state index contributed by atoms with van der Waals surface area (Å²) in [4.78, 5) is 0. The van der Waals surface area contributed by atoms with Crippen LogP contribution in [0.4, 0.5) is 0 Å². The van der Waals surface area contributed by atoms with E-state index in [9.17, 15) is 0 Å². The first kappa shape index (κ1) is 22.2. The second-order valence-corrected chi connectivity index (χ2v) is 8.01. The molecule has 0 heterocycles. The van der Waals surface area contributed by atoms with Crippen molar-refractivity contribution in [3.8, 4) is 0 Å². The third kappa shape index (κ3) is 8.90. The van der Waals surface area contributed by atoms with Crippen molar-refractivity contribution in [2.24, 2.45) is 5.73 Å². The molecule has 144 valence electrons. The Morgan fingerprint density at radius 3 is 1.60 bits per heavy atom. The summed E-state index contributed by atoms with van der Waals surface area (Å²) in [6, 6.07) is 8.78. The lowest BCUT2D eigenvalue weighted by Crippen LogP contribution is -2.37. The van der Waals surface area contributed by atoms with Gasteiger partial charge in [-0.3, -0.25) is 0 Å². The lowest BCUT2D eigenvalue weighted by Gasteiger charge is -2.32. The highest BCUT2D eigenvalue weighted by atomic mass is 14.7. The molecule has 0 unspecified atom stereocenters. The number of unbranched alkanes of at least 4 members (excludes halogenated alkanes) is 10. The first-order chi connectivity index (χ1) is 12.1. The fraction of sp³-hybridized carbons (Fsp3) is 0.750. The first-order valence-corrected chi connectivity index (χ1v) is 11.0. The van der Waals surface area contributed by atoms with Gasteiger partial charge in [-0.15, -0.1) is 0 Å². The van der Waals surface area contributed by atoms with Crippen LogP contribution < -0.4 is 5.73 Å². The molecule has 0 aromatic heterocycles. The summed E-state index contributed by atoms with van der Waals surface area (Å²) in [6.07, 6.45) is 18.4. The van der Waals surface area contributed by atoms with E-state index in [1.165, 1.54) is 88.2 Å². The third-order valence-electron chi connectivity index (χ3n) is 5.63. The Morgan fingerprint density at radius 2 is 1.12 bits per heavy atom. The highest BCUT2D eigenvalue weighted by Crippen LogP contribution is 2.33. The molecule has 0 aliphatic rings. The molecular formula is C24H43N. The van der Waals surface area contributed by atoms with E-state index in [2.05, 4.69) is 45.0 Å². The normalized spacial score (nSPS) is 11.8. The summed E-state index contributed by atoms with van der Waals surface area (Å²) in [5.74, 6) is 0. The van der Waals surface area contributed by atoms with Crippen molar-refractivity contribution in [3.63, 3.8) is 0 Å². The fourth-order valence-corrected chi connectivity index (χ4v) is 3.97. The number of aryl methyl sites for hydroxylation is 1. The van der Waals surface area contributed by atoms with Crippen LogP contribution >= 0.6 is 0 Å². The Bertz CT molecular complexity index is 421. The van der Waals surface area contributed by atoms with Gasteiger partial charge in [-0.05, 0) is 30.9 Å². The van der Waals surface area contributed by atoms with Gasteiger partial charge in [-0.2, -0.15) is 0 Å². The quantitative estimate of drug-likeness (QED) is 0.324. The maximum atomic E-state index is 7.00. The predicted octanol–water partition coefficient (Wildman–Crippen LogP) is 7.65. The van der Waals surface area contributed by atoms with Crippen LogP contribution in [0.3, 0.4) is 0 Å². The molecule has 0 aliphatic heterocycles. The minimum absolute atomic E-state index is 0.124. The highest BCUT2D eigenvalue weighted by Gasteiger charge is 2.27. The molecule has 0 radical (unpaired) electrons. The Morgan fingerprint density at radius 1 is 0.680 bits per heavy atom. The van der Waals surface area contributed by atoms with E-state index < -0.39 is 0 Å². The largest absolute Gasteiger partial charge is 0.321 e. The van der Waals surface area contributed by atoms with Crippen LogP contribution in [0.25, 0.3) is 0 Å². The van der Waals surface area contributed by atoms with E-state index in [1.807, 2.05) is 0 Å². The SMILES string of the molecule is CCCCCCCCC(N)(CCCCCCCC)c1ccccc1C. The number of benzene rings is 1. The molecule has 1 heteroatoms. The van der Waals surface area contributed by atoms with E-state index in [0.29, 0.717) is 0 Å². The molecule has 0 bridgehead atoms. The standard InChI is InChI=1S/C24H43N/c1-4-6-8-10-12-16-20-24(25,21-17-13-11-9-7-5-2)23-19-15-14-18-22(23)3/h14-15,18-19H,4-13,16-17,20-21,25H2,1-3H3. The van der Waals surface area contributed by atoms with Crippen molar-refractivity contribution in [2.75, 3.05) is 0 Å². The van der Waals surface area contributed by atoms with Gasteiger partial charge in [0.1, 0.15) is 0 Å². The zero-order valence-corrected chi connectivity index (χ0v) is 17.3. The summed E-state index contributed by atoms with van der Waals surface area (Å²) in [5, 5.41) is 0. The van der Waals surface area contributed by atoms with Crippen LogP contribution in [0.1, 0.15) is 115 Å². The molecule has 0 atom stereocenters. The van der Waals surface area contributed by atoms with Gasteiger partial charge in [0.2, 0.25) is 0 Å². The maximum absolute atomic E-state index is 7.00. The van der Waals surface area contributed by atoms with E-state index >= 15 is 0 Å². The van der Waals surface area contributed by atoms with Crippen molar-refractivity contribution in [1.29, 1.82) is 0 Å². The van der Waals surface area contributed by atoms with Crippen LogP contribution in [-0.4, -0.2) is 0 Å². The molecule has 0 amide bonds. The van der Waals surface area contributed by atoms with Gasteiger partial charge in [0.25, 0.3) is 0 Å². The summed E-state index contributed by atoms with van der Waals surface area (Å²) >= 11 is 0. The zero-order chi connectivity index (χ0) is 18.4. The third-order valence-corrected chi connectivity index (χ3v) is 5.63.